The molecular weight excluding hydrogens is 250 g/mol. The van der Waals surface area contributed by atoms with Gasteiger partial charge in [0, 0.05) is 12.4 Å². The minimum absolute atomic E-state index is 0.103. The summed E-state index contributed by atoms with van der Waals surface area (Å²) in [5.41, 5.74) is 0. The molecule has 6 heteroatoms. The lowest BCUT2D eigenvalue weighted by molar-refractivity contribution is -0.873. The van der Waals surface area contributed by atoms with E-state index in [0.29, 0.717) is 17.4 Å². The summed E-state index contributed by atoms with van der Waals surface area (Å²) in [6.45, 7) is 2.29. The van der Waals surface area contributed by atoms with E-state index in [1.54, 1.807) is 0 Å². The van der Waals surface area contributed by atoms with Crippen LogP contribution in [0.25, 0.3) is 0 Å². The molecule has 6 nitrogen and oxygen atoms in total. The molecule has 0 aliphatic rings. The molecule has 0 spiro atoms. The Bertz CT molecular complexity index is 298. The average molecular weight is 275 g/mol. The van der Waals surface area contributed by atoms with Crippen LogP contribution in [0.2, 0.25) is 0 Å². The first-order valence-corrected chi connectivity index (χ1v) is 6.52. The van der Waals surface area contributed by atoms with Crippen LogP contribution in [0, 0.1) is 0 Å². The molecule has 19 heavy (non-hydrogen) atoms. The van der Waals surface area contributed by atoms with E-state index in [4.69, 9.17) is 4.74 Å². The lowest BCUT2D eigenvalue weighted by Gasteiger charge is -2.29. The van der Waals surface area contributed by atoms with Gasteiger partial charge in [-0.1, -0.05) is 13.3 Å². The lowest BCUT2D eigenvalue weighted by atomic mass is 10.1. The van der Waals surface area contributed by atoms with Gasteiger partial charge < -0.3 is 24.2 Å². The first-order chi connectivity index (χ1) is 8.64. The molecule has 0 saturated carbocycles. The third-order valence-corrected chi connectivity index (χ3v) is 2.47. The molecule has 1 N–H and O–H groups in total. The molecule has 0 aromatic rings. The number of esters is 1. The van der Waals surface area contributed by atoms with Crippen molar-refractivity contribution in [3.05, 3.63) is 0 Å². The van der Waals surface area contributed by atoms with E-state index in [9.17, 15) is 19.8 Å². The fraction of sp³-hybridized carbons (Fsp3) is 0.846. The Balaban J connectivity index is 4.38. The van der Waals surface area contributed by atoms with Gasteiger partial charge in [0.2, 0.25) is 0 Å². The third kappa shape index (κ3) is 10.5. The molecule has 0 bridgehead atoms. The molecule has 0 aliphatic heterocycles. The largest absolute Gasteiger partial charge is 0.550 e. The number of aliphatic hydroxyl groups excluding tert-OH is 1. The number of rotatable bonds is 9. The number of likely N-dealkylation sites (N-methyl/N-ethyl adjacent to an activating group) is 1. The predicted molar refractivity (Wildman–Crippen MR) is 67.9 cm³/mol. The smallest absolute Gasteiger partial charge is 0.308 e. The predicted octanol–water partition coefficient (Wildman–Crippen LogP) is -0.704. The summed E-state index contributed by atoms with van der Waals surface area (Å²) in [4.78, 5) is 22.2. The van der Waals surface area contributed by atoms with Gasteiger partial charge >= 0.3 is 5.97 Å². The van der Waals surface area contributed by atoms with Crippen molar-refractivity contribution in [3.8, 4) is 0 Å². The molecule has 0 aromatic carbocycles. The van der Waals surface area contributed by atoms with E-state index in [2.05, 4.69) is 0 Å². The van der Waals surface area contributed by atoms with Crippen LogP contribution in [0.5, 0.6) is 0 Å². The maximum absolute atomic E-state index is 11.6. The summed E-state index contributed by atoms with van der Waals surface area (Å²) in [6.07, 6.45) is -0.595. The monoisotopic (exact) mass is 275 g/mol. The molecule has 0 radical (unpaired) electrons. The number of carbonyl (C=O) groups is 2. The maximum atomic E-state index is 11.6. The van der Waals surface area contributed by atoms with E-state index in [0.717, 1.165) is 6.42 Å². The molecule has 0 rings (SSSR count). The number of carboxylic acids is 1. The van der Waals surface area contributed by atoms with Crippen molar-refractivity contribution in [2.24, 2.45) is 0 Å². The zero-order chi connectivity index (χ0) is 15.1. The van der Waals surface area contributed by atoms with Gasteiger partial charge in [0.15, 0.2) is 6.10 Å². The van der Waals surface area contributed by atoms with Crippen LogP contribution in [-0.4, -0.2) is 61.4 Å². The third-order valence-electron chi connectivity index (χ3n) is 2.47. The molecule has 2 atom stereocenters. The number of ether oxygens (including phenoxy) is 1. The van der Waals surface area contributed by atoms with E-state index in [-0.39, 0.29) is 12.8 Å². The fourth-order valence-electron chi connectivity index (χ4n) is 1.80. The van der Waals surface area contributed by atoms with Crippen molar-refractivity contribution in [1.82, 2.24) is 0 Å². The first-order valence-electron chi connectivity index (χ1n) is 6.52. The van der Waals surface area contributed by atoms with Crippen molar-refractivity contribution >= 4 is 11.9 Å². The lowest BCUT2D eigenvalue weighted by Crippen LogP contribution is -2.45. The minimum atomic E-state index is -1.25. The minimum Gasteiger partial charge on any atom is -0.550 e. The Morgan fingerprint density at radius 1 is 1.26 bits per heavy atom. The van der Waals surface area contributed by atoms with Crippen LogP contribution < -0.4 is 5.11 Å². The van der Waals surface area contributed by atoms with E-state index >= 15 is 0 Å². The highest BCUT2D eigenvalue weighted by Gasteiger charge is 2.23. The summed E-state index contributed by atoms with van der Waals surface area (Å²) in [5, 5.41) is 20.2. The molecule has 112 valence electrons. The molecular formula is C13H25NO5. The molecule has 0 heterocycles. The van der Waals surface area contributed by atoms with E-state index < -0.39 is 24.1 Å². The van der Waals surface area contributed by atoms with Gasteiger partial charge in [-0.05, 0) is 6.42 Å². The van der Waals surface area contributed by atoms with Crippen molar-refractivity contribution in [1.29, 1.82) is 0 Å². The average Bonchev–Trinajstić information content (AvgIpc) is 2.12. The number of aliphatic carboxylic acids is 1. The van der Waals surface area contributed by atoms with Gasteiger partial charge in [-0.2, -0.15) is 0 Å². The molecule has 0 saturated heterocycles. The van der Waals surface area contributed by atoms with E-state index in [1.165, 1.54) is 0 Å². The highest BCUT2D eigenvalue weighted by Crippen LogP contribution is 2.08. The second-order valence-electron chi connectivity index (χ2n) is 5.81. The van der Waals surface area contributed by atoms with Gasteiger partial charge in [-0.3, -0.25) is 4.79 Å². The van der Waals surface area contributed by atoms with Crippen LogP contribution in [0.15, 0.2) is 0 Å². The number of carbonyl (C=O) groups excluding carboxylic acids is 2. The normalized spacial score (nSPS) is 14.8. The molecule has 0 amide bonds. The Morgan fingerprint density at radius 2 is 1.84 bits per heavy atom. The quantitative estimate of drug-likeness (QED) is 0.444. The standard InChI is InChI=1S/C13H25NO5/c1-5-6-10(15)7-13(18)19-11(8-12(16)17)9-14(2,3)4/h10-11,15H,5-9H2,1-4H3/t10?,11-/m0/s1. The van der Waals surface area contributed by atoms with Gasteiger partial charge in [-0.15, -0.1) is 0 Å². The topological polar surface area (TPSA) is 86.7 Å². The zero-order valence-electron chi connectivity index (χ0n) is 12.2. The Hall–Kier alpha value is -1.14. The second kappa shape index (κ2) is 8.12. The Kier molecular flexibility index (Phi) is 7.63. The number of hydrogen-bond donors (Lipinski definition) is 1. The molecule has 0 aliphatic carbocycles. The van der Waals surface area contributed by atoms with Gasteiger partial charge in [-0.25, -0.2) is 0 Å². The second-order valence-corrected chi connectivity index (χ2v) is 5.81. The zero-order valence-corrected chi connectivity index (χ0v) is 12.2. The number of hydrogen-bond acceptors (Lipinski definition) is 5. The summed E-state index contributed by atoms with van der Waals surface area (Å²) >= 11 is 0. The molecule has 0 aromatic heterocycles. The summed E-state index contributed by atoms with van der Waals surface area (Å²) in [5.74, 6) is -1.82. The summed E-state index contributed by atoms with van der Waals surface area (Å²) in [6, 6.07) is 0. The van der Waals surface area contributed by atoms with Crippen molar-refractivity contribution in [3.63, 3.8) is 0 Å². The highest BCUT2D eigenvalue weighted by molar-refractivity contribution is 5.71. The number of carboxylic acid groups (broad SMARTS) is 1. The number of aliphatic hydroxyl groups is 1. The highest BCUT2D eigenvalue weighted by atomic mass is 16.5. The number of nitrogens with zero attached hydrogens (tertiary/aromatic N) is 1. The van der Waals surface area contributed by atoms with E-state index in [1.807, 2.05) is 28.1 Å². The first kappa shape index (κ1) is 17.9. The Morgan fingerprint density at radius 3 is 2.26 bits per heavy atom. The maximum Gasteiger partial charge on any atom is 0.308 e. The summed E-state index contributed by atoms with van der Waals surface area (Å²) < 4.78 is 5.59. The van der Waals surface area contributed by atoms with Gasteiger partial charge in [0.05, 0.1) is 33.7 Å². The van der Waals surface area contributed by atoms with Crippen LogP contribution in [0.1, 0.15) is 32.6 Å². The van der Waals surface area contributed by atoms with Crippen molar-refractivity contribution in [2.75, 3.05) is 27.7 Å². The fourth-order valence-corrected chi connectivity index (χ4v) is 1.80. The van der Waals surface area contributed by atoms with Crippen LogP contribution in [0.4, 0.5) is 0 Å². The molecule has 1 unspecified atom stereocenters. The van der Waals surface area contributed by atoms with Gasteiger partial charge in [0.25, 0.3) is 0 Å². The number of quaternary nitrogens is 1. The Labute approximate surface area is 114 Å². The SMILES string of the molecule is CCCC(O)CC(=O)O[C@@H](CC(=O)[O-])C[N+](C)(C)C. The van der Waals surface area contributed by atoms with Crippen molar-refractivity contribution < 1.29 is 29.0 Å². The van der Waals surface area contributed by atoms with Crippen LogP contribution in [0.3, 0.4) is 0 Å². The van der Waals surface area contributed by atoms with Crippen LogP contribution >= 0.6 is 0 Å². The van der Waals surface area contributed by atoms with Crippen molar-refractivity contribution in [2.45, 2.75) is 44.8 Å². The summed E-state index contributed by atoms with van der Waals surface area (Å²) in [7, 11) is 5.63. The van der Waals surface area contributed by atoms with Gasteiger partial charge in [0.1, 0.15) is 6.54 Å². The molecule has 0 fully saturated rings. The van der Waals surface area contributed by atoms with Crippen LogP contribution in [-0.2, 0) is 14.3 Å².